The molecule has 0 unspecified atom stereocenters. The van der Waals surface area contributed by atoms with Crippen molar-refractivity contribution in [2.24, 2.45) is 0 Å². The average Bonchev–Trinajstić information content (AvgIpc) is 3.55. The number of hydrogen-bond acceptors (Lipinski definition) is 12. The van der Waals surface area contributed by atoms with Gasteiger partial charge in [-0.1, -0.05) is 13.0 Å². The lowest BCUT2D eigenvalue weighted by molar-refractivity contribution is -0.0364. The van der Waals surface area contributed by atoms with Crippen LogP contribution in [-0.4, -0.2) is 119 Å². The van der Waals surface area contributed by atoms with Crippen molar-refractivity contribution in [3.63, 3.8) is 0 Å². The fraction of sp³-hybridized carbons (Fsp3) is 0.676. The molecule has 14 nitrogen and oxygen atoms in total. The summed E-state index contributed by atoms with van der Waals surface area (Å²) in [5, 5.41) is 17.8. The van der Waals surface area contributed by atoms with Gasteiger partial charge in [-0.05, 0) is 71.3 Å². The van der Waals surface area contributed by atoms with Crippen LogP contribution in [0.3, 0.4) is 0 Å². The number of pyridine rings is 1. The summed E-state index contributed by atoms with van der Waals surface area (Å²) in [6.45, 7) is 13.5. The Labute approximate surface area is 301 Å². The number of nitrogens with one attached hydrogen (secondary N) is 1. The minimum atomic E-state index is -0.483. The van der Waals surface area contributed by atoms with Gasteiger partial charge in [0.1, 0.15) is 23.8 Å². The van der Waals surface area contributed by atoms with Crippen LogP contribution in [0.4, 0.5) is 16.4 Å². The average molecular weight is 712 g/mol. The van der Waals surface area contributed by atoms with Gasteiger partial charge in [-0.2, -0.15) is 9.61 Å². The summed E-state index contributed by atoms with van der Waals surface area (Å²) in [5.41, 5.74) is 2.49. The number of rotatable bonds is 18. The molecule has 0 radical (unpaired) electrons. The van der Waals surface area contributed by atoms with Crippen molar-refractivity contribution in [2.75, 3.05) is 76.1 Å². The fourth-order valence-electron chi connectivity index (χ4n) is 6.40. The normalized spacial score (nSPS) is 17.2. The van der Waals surface area contributed by atoms with Gasteiger partial charge in [0, 0.05) is 62.7 Å². The zero-order valence-electron chi connectivity index (χ0n) is 30.8. The molecule has 3 aromatic rings. The van der Waals surface area contributed by atoms with E-state index in [1.807, 2.05) is 49.8 Å². The second-order valence-corrected chi connectivity index (χ2v) is 14.1. The van der Waals surface area contributed by atoms with Crippen LogP contribution in [-0.2, 0) is 31.9 Å². The largest absolute Gasteiger partial charge is 0.475 e. The van der Waals surface area contributed by atoms with Gasteiger partial charge in [0.25, 0.3) is 0 Å². The highest BCUT2D eigenvalue weighted by Gasteiger charge is 2.27. The standard InChI is InChI=1S/C37H57N7O7/c1-5-29-27-40-44-32(24-33(41-35(29)44)43-14-7-6-8-30(43)13-17-45)38-25-28-9-10-34(39-26-28)50-23-21-48-19-18-47-20-22-49-31-11-15-42(16-12-31)36(46)51-37(2,3)4/h9-10,24,26-27,30-31,38,45H,5-8,11-23,25H2,1-4H3/t30-/m0/s1. The number of fused-ring (bicyclic) bond motifs is 1. The van der Waals surface area contributed by atoms with E-state index in [-0.39, 0.29) is 24.8 Å². The van der Waals surface area contributed by atoms with Crippen molar-refractivity contribution in [2.45, 2.75) is 96.9 Å². The summed E-state index contributed by atoms with van der Waals surface area (Å²) in [7, 11) is 0. The van der Waals surface area contributed by atoms with Crippen LogP contribution in [0.1, 0.15) is 77.3 Å². The van der Waals surface area contributed by atoms with E-state index in [0.29, 0.717) is 65.2 Å². The summed E-state index contributed by atoms with van der Waals surface area (Å²) in [6, 6.07) is 6.22. The highest BCUT2D eigenvalue weighted by molar-refractivity contribution is 5.68. The van der Waals surface area contributed by atoms with Crippen molar-refractivity contribution in [3.8, 4) is 5.88 Å². The number of amides is 1. The van der Waals surface area contributed by atoms with Gasteiger partial charge in [0.05, 0.1) is 45.3 Å². The molecular weight excluding hydrogens is 654 g/mol. The van der Waals surface area contributed by atoms with Gasteiger partial charge in [-0.15, -0.1) is 0 Å². The predicted octanol–water partition coefficient (Wildman–Crippen LogP) is 4.87. The molecule has 2 aliphatic heterocycles. The Morgan fingerprint density at radius 3 is 2.45 bits per heavy atom. The van der Waals surface area contributed by atoms with E-state index in [1.54, 1.807) is 4.90 Å². The van der Waals surface area contributed by atoms with Crippen molar-refractivity contribution in [1.82, 2.24) is 24.5 Å². The molecule has 3 aromatic heterocycles. The number of likely N-dealkylation sites (tertiary alicyclic amines) is 1. The quantitative estimate of drug-likeness (QED) is 0.174. The van der Waals surface area contributed by atoms with Crippen LogP contribution in [0.15, 0.2) is 30.6 Å². The molecule has 0 saturated carbocycles. The smallest absolute Gasteiger partial charge is 0.410 e. The van der Waals surface area contributed by atoms with E-state index in [0.717, 1.165) is 73.5 Å². The maximum atomic E-state index is 12.2. The maximum Gasteiger partial charge on any atom is 0.410 e. The third-order valence-corrected chi connectivity index (χ3v) is 9.09. The number of nitrogens with zero attached hydrogens (tertiary/aromatic N) is 6. The third kappa shape index (κ3) is 11.6. The van der Waals surface area contributed by atoms with Crippen LogP contribution in [0.25, 0.3) is 5.65 Å². The Hall–Kier alpha value is -3.72. The molecule has 5 rings (SSSR count). The number of carbonyl (C=O) groups excluding carboxylic acids is 1. The monoisotopic (exact) mass is 711 g/mol. The molecule has 2 saturated heterocycles. The van der Waals surface area contributed by atoms with Gasteiger partial charge in [0.2, 0.25) is 5.88 Å². The summed E-state index contributed by atoms with van der Waals surface area (Å²) in [5.74, 6) is 2.34. The molecule has 1 atom stereocenters. The molecule has 282 valence electrons. The zero-order valence-corrected chi connectivity index (χ0v) is 30.8. The van der Waals surface area contributed by atoms with Gasteiger partial charge >= 0.3 is 6.09 Å². The third-order valence-electron chi connectivity index (χ3n) is 9.09. The Balaban J connectivity index is 0.959. The van der Waals surface area contributed by atoms with Crippen LogP contribution >= 0.6 is 0 Å². The van der Waals surface area contributed by atoms with Crippen LogP contribution in [0.2, 0.25) is 0 Å². The summed E-state index contributed by atoms with van der Waals surface area (Å²) < 4.78 is 30.3. The van der Waals surface area contributed by atoms with E-state index < -0.39 is 5.60 Å². The minimum absolute atomic E-state index is 0.132. The first-order chi connectivity index (χ1) is 24.7. The number of piperidine rings is 2. The molecule has 0 aliphatic carbocycles. The summed E-state index contributed by atoms with van der Waals surface area (Å²) in [4.78, 5) is 25.8. The van der Waals surface area contributed by atoms with Gasteiger partial charge in [-0.25, -0.2) is 14.8 Å². The second kappa shape index (κ2) is 19.2. The van der Waals surface area contributed by atoms with Gasteiger partial charge in [0.15, 0.2) is 5.65 Å². The van der Waals surface area contributed by atoms with Gasteiger partial charge in [-0.3, -0.25) is 0 Å². The lowest BCUT2D eigenvalue weighted by atomic mass is 9.99. The van der Waals surface area contributed by atoms with Crippen molar-refractivity contribution in [3.05, 3.63) is 41.7 Å². The van der Waals surface area contributed by atoms with Crippen LogP contribution in [0, 0.1) is 0 Å². The minimum Gasteiger partial charge on any atom is -0.475 e. The molecule has 0 bridgehead atoms. The number of ether oxygens (including phenoxy) is 5. The summed E-state index contributed by atoms with van der Waals surface area (Å²) in [6.07, 6.45) is 10.1. The van der Waals surface area contributed by atoms with E-state index in [1.165, 1.54) is 6.42 Å². The lowest BCUT2D eigenvalue weighted by Crippen LogP contribution is -2.43. The van der Waals surface area contributed by atoms with E-state index in [4.69, 9.17) is 28.7 Å². The number of aromatic nitrogens is 4. The highest BCUT2D eigenvalue weighted by Crippen LogP contribution is 2.29. The number of aliphatic hydroxyl groups is 1. The summed E-state index contributed by atoms with van der Waals surface area (Å²) >= 11 is 0. The molecule has 14 heteroatoms. The van der Waals surface area contributed by atoms with E-state index in [2.05, 4.69) is 33.3 Å². The molecule has 5 heterocycles. The Kier molecular flexibility index (Phi) is 14.5. The van der Waals surface area contributed by atoms with Crippen molar-refractivity contribution >= 4 is 23.4 Å². The number of carbonyl (C=O) groups is 1. The Morgan fingerprint density at radius 2 is 1.75 bits per heavy atom. The number of aliphatic hydroxyl groups excluding tert-OH is 1. The van der Waals surface area contributed by atoms with E-state index in [9.17, 15) is 9.90 Å². The first-order valence-electron chi connectivity index (χ1n) is 18.6. The molecule has 51 heavy (non-hydrogen) atoms. The topological polar surface area (TPSA) is 145 Å². The fourth-order valence-corrected chi connectivity index (χ4v) is 6.40. The molecule has 2 aliphatic rings. The first-order valence-corrected chi connectivity index (χ1v) is 18.6. The molecule has 0 aromatic carbocycles. The zero-order chi connectivity index (χ0) is 36.1. The molecule has 0 spiro atoms. The van der Waals surface area contributed by atoms with Crippen LogP contribution < -0.4 is 15.0 Å². The molecule has 2 N–H and O–H groups in total. The Bertz CT molecular complexity index is 1490. The first kappa shape index (κ1) is 38.5. The predicted molar refractivity (Wildman–Crippen MR) is 195 cm³/mol. The Morgan fingerprint density at radius 1 is 0.980 bits per heavy atom. The van der Waals surface area contributed by atoms with Crippen molar-refractivity contribution < 1.29 is 33.6 Å². The second-order valence-electron chi connectivity index (χ2n) is 14.1. The highest BCUT2D eigenvalue weighted by atomic mass is 16.6. The molecule has 2 fully saturated rings. The number of hydrogen-bond donors (Lipinski definition) is 2. The number of anilines is 2. The van der Waals surface area contributed by atoms with E-state index >= 15 is 0 Å². The molecular formula is C37H57N7O7. The van der Waals surface area contributed by atoms with Crippen LogP contribution in [0.5, 0.6) is 5.88 Å². The molecule has 1 amide bonds. The van der Waals surface area contributed by atoms with Crippen molar-refractivity contribution in [1.29, 1.82) is 0 Å². The SMILES string of the molecule is CCc1cnn2c(NCc3ccc(OCCOCCOCCOC4CCN(C(=O)OC(C)(C)C)CC4)nc3)cc(N3CCCC[C@H]3CCO)nc12. The lowest BCUT2D eigenvalue weighted by Gasteiger charge is -2.36. The van der Waals surface area contributed by atoms with Gasteiger partial charge < -0.3 is 43.9 Å². The maximum absolute atomic E-state index is 12.2. The number of aryl methyl sites for hydroxylation is 1.